The van der Waals surface area contributed by atoms with Gasteiger partial charge in [-0.3, -0.25) is 4.79 Å². The van der Waals surface area contributed by atoms with Crippen molar-refractivity contribution < 1.29 is 27.5 Å². The van der Waals surface area contributed by atoms with Crippen molar-refractivity contribution in [3.8, 4) is 0 Å². The lowest BCUT2D eigenvalue weighted by atomic mass is 10.1. The average molecular weight is 348 g/mol. The number of nitrogens with zero attached hydrogens (tertiary/aromatic N) is 1. The van der Waals surface area contributed by atoms with Crippen molar-refractivity contribution in [1.82, 2.24) is 10.2 Å². The number of carbonyl (C=O) groups excluding carboxylic acids is 1. The fraction of sp³-hybridized carbons (Fsp3) is 0.562. The molecule has 0 bridgehead atoms. The van der Waals surface area contributed by atoms with Gasteiger partial charge in [-0.25, -0.2) is 4.39 Å². The van der Waals surface area contributed by atoms with Gasteiger partial charge in [0.25, 0.3) is 5.91 Å². The highest BCUT2D eigenvalue weighted by molar-refractivity contribution is 5.94. The smallest absolute Gasteiger partial charge is 0.393 e. The molecular formula is C16H20F4N2O2. The largest absolute Gasteiger partial charge is 0.419 e. The Labute approximate surface area is 137 Å². The van der Waals surface area contributed by atoms with Crippen molar-refractivity contribution in [2.45, 2.75) is 31.5 Å². The van der Waals surface area contributed by atoms with Crippen molar-refractivity contribution in [1.29, 1.82) is 0 Å². The number of carbonyl (C=O) groups is 1. The first-order chi connectivity index (χ1) is 11.3. The number of piperidine rings is 1. The summed E-state index contributed by atoms with van der Waals surface area (Å²) in [6, 6.07) is 2.21. The summed E-state index contributed by atoms with van der Waals surface area (Å²) in [5, 5.41) is 11.9. The van der Waals surface area contributed by atoms with Crippen LogP contribution >= 0.6 is 0 Å². The van der Waals surface area contributed by atoms with E-state index < -0.39 is 23.5 Å². The maximum absolute atomic E-state index is 13.2. The summed E-state index contributed by atoms with van der Waals surface area (Å²) in [5.74, 6) is -2.05. The van der Waals surface area contributed by atoms with Crippen LogP contribution in [0.2, 0.25) is 0 Å². The molecule has 1 amide bonds. The molecule has 0 spiro atoms. The molecule has 134 valence electrons. The van der Waals surface area contributed by atoms with E-state index in [2.05, 4.69) is 10.2 Å². The van der Waals surface area contributed by atoms with E-state index in [4.69, 9.17) is 0 Å². The maximum atomic E-state index is 13.2. The number of likely N-dealkylation sites (tertiary alicyclic amines) is 1. The van der Waals surface area contributed by atoms with E-state index in [0.29, 0.717) is 25.1 Å². The number of hydrogen-bond donors (Lipinski definition) is 2. The van der Waals surface area contributed by atoms with Crippen LogP contribution in [0, 0.1) is 5.82 Å². The number of halogens is 4. The third-order valence-corrected chi connectivity index (χ3v) is 4.03. The number of amides is 1. The van der Waals surface area contributed by atoms with Gasteiger partial charge in [0, 0.05) is 25.2 Å². The Bertz CT molecular complexity index is 570. The number of alkyl halides is 3. The Balaban J connectivity index is 1.80. The molecule has 2 N–H and O–H groups in total. The van der Waals surface area contributed by atoms with Gasteiger partial charge in [0.15, 0.2) is 0 Å². The lowest BCUT2D eigenvalue weighted by Gasteiger charge is -2.29. The molecule has 1 aliphatic rings. The van der Waals surface area contributed by atoms with Gasteiger partial charge in [-0.15, -0.1) is 0 Å². The van der Waals surface area contributed by atoms with Gasteiger partial charge in [0.05, 0.1) is 11.7 Å². The number of rotatable bonds is 5. The molecule has 1 fully saturated rings. The third-order valence-electron chi connectivity index (χ3n) is 4.03. The Morgan fingerprint density at radius 2 is 1.96 bits per heavy atom. The molecule has 4 nitrogen and oxygen atoms in total. The van der Waals surface area contributed by atoms with Crippen molar-refractivity contribution in [3.05, 3.63) is 35.1 Å². The molecule has 24 heavy (non-hydrogen) atoms. The normalized spacial score (nSPS) is 17.0. The summed E-state index contributed by atoms with van der Waals surface area (Å²) >= 11 is 0. The second-order valence-electron chi connectivity index (χ2n) is 5.87. The molecule has 0 aromatic heterocycles. The van der Waals surface area contributed by atoms with Crippen molar-refractivity contribution >= 4 is 5.91 Å². The second kappa shape index (κ2) is 7.94. The van der Waals surface area contributed by atoms with Gasteiger partial charge in [-0.05, 0) is 44.0 Å². The summed E-state index contributed by atoms with van der Waals surface area (Å²) in [7, 11) is 0. The summed E-state index contributed by atoms with van der Waals surface area (Å²) < 4.78 is 51.1. The summed E-state index contributed by atoms with van der Waals surface area (Å²) in [5.41, 5.74) is -1.66. The number of nitrogens with one attached hydrogen (secondary N) is 1. The first-order valence-electron chi connectivity index (χ1n) is 7.83. The van der Waals surface area contributed by atoms with Gasteiger partial charge >= 0.3 is 6.18 Å². The second-order valence-corrected chi connectivity index (χ2v) is 5.87. The van der Waals surface area contributed by atoms with E-state index in [0.717, 1.165) is 38.5 Å². The molecule has 1 saturated heterocycles. The fourth-order valence-electron chi connectivity index (χ4n) is 2.63. The van der Waals surface area contributed by atoms with Gasteiger partial charge in [0.1, 0.15) is 5.82 Å². The molecule has 8 heteroatoms. The van der Waals surface area contributed by atoms with Crippen molar-refractivity contribution in [2.24, 2.45) is 0 Å². The molecule has 0 saturated carbocycles. The van der Waals surface area contributed by atoms with Crippen molar-refractivity contribution in [3.63, 3.8) is 0 Å². The number of aliphatic hydroxyl groups is 1. The van der Waals surface area contributed by atoms with E-state index in [-0.39, 0.29) is 11.7 Å². The highest BCUT2D eigenvalue weighted by Crippen LogP contribution is 2.31. The Morgan fingerprint density at radius 3 is 2.58 bits per heavy atom. The summed E-state index contributed by atoms with van der Waals surface area (Å²) in [6.07, 6.45) is -2.99. The van der Waals surface area contributed by atoms with Gasteiger partial charge in [-0.2, -0.15) is 13.2 Å². The van der Waals surface area contributed by atoms with E-state index in [1.807, 2.05) is 0 Å². The van der Waals surface area contributed by atoms with Crippen LogP contribution in [0.3, 0.4) is 0 Å². The average Bonchev–Trinajstić information content (AvgIpc) is 2.52. The van der Waals surface area contributed by atoms with Crippen LogP contribution in [-0.4, -0.2) is 48.2 Å². The van der Waals surface area contributed by atoms with Gasteiger partial charge in [-0.1, -0.05) is 0 Å². The zero-order valence-electron chi connectivity index (χ0n) is 13.1. The first kappa shape index (κ1) is 18.7. The van der Waals surface area contributed by atoms with E-state index >= 15 is 0 Å². The maximum Gasteiger partial charge on any atom is 0.419 e. The van der Waals surface area contributed by atoms with Crippen LogP contribution in [0.15, 0.2) is 18.2 Å². The van der Waals surface area contributed by atoms with Crippen LogP contribution in [0.1, 0.15) is 35.2 Å². The van der Waals surface area contributed by atoms with E-state index in [9.17, 15) is 27.5 Å². The molecule has 0 atom stereocenters. The number of benzene rings is 1. The Hall–Kier alpha value is -1.67. The molecule has 0 aliphatic carbocycles. The summed E-state index contributed by atoms with van der Waals surface area (Å²) in [4.78, 5) is 14.0. The highest BCUT2D eigenvalue weighted by Gasteiger charge is 2.34. The lowest BCUT2D eigenvalue weighted by Crippen LogP contribution is -2.37. The molecule has 1 aromatic carbocycles. The standard InChI is InChI=1S/C16H20F4N2O2/c17-14-3-2-11(10-13(14)16(18,19)20)15(24)21-6-1-7-22-8-4-12(23)5-9-22/h2-3,10,12,23H,1,4-9H2,(H,21,24). The monoisotopic (exact) mass is 348 g/mol. The molecule has 1 heterocycles. The lowest BCUT2D eigenvalue weighted by molar-refractivity contribution is -0.140. The van der Waals surface area contributed by atoms with E-state index in [1.54, 1.807) is 0 Å². The molecule has 1 aromatic rings. The minimum atomic E-state index is -4.83. The molecule has 0 radical (unpaired) electrons. The molecule has 2 rings (SSSR count). The Kier molecular flexibility index (Phi) is 6.17. The quantitative estimate of drug-likeness (QED) is 0.635. The van der Waals surface area contributed by atoms with Crippen LogP contribution in [0.5, 0.6) is 0 Å². The third kappa shape index (κ3) is 5.17. The van der Waals surface area contributed by atoms with Gasteiger partial charge < -0.3 is 15.3 Å². The first-order valence-corrected chi connectivity index (χ1v) is 7.83. The van der Waals surface area contributed by atoms with Gasteiger partial charge in [0.2, 0.25) is 0 Å². The van der Waals surface area contributed by atoms with E-state index in [1.165, 1.54) is 0 Å². The van der Waals surface area contributed by atoms with Crippen LogP contribution in [-0.2, 0) is 6.18 Å². The SMILES string of the molecule is O=C(NCCCN1CCC(O)CC1)c1ccc(F)c(C(F)(F)F)c1. The summed E-state index contributed by atoms with van der Waals surface area (Å²) in [6.45, 7) is 2.64. The molecular weight excluding hydrogens is 328 g/mol. The molecule has 0 unspecified atom stereocenters. The van der Waals surface area contributed by atoms with Crippen LogP contribution in [0.25, 0.3) is 0 Å². The minimum Gasteiger partial charge on any atom is -0.393 e. The fourth-order valence-corrected chi connectivity index (χ4v) is 2.63. The predicted octanol–water partition coefficient (Wildman–Crippen LogP) is 2.42. The van der Waals surface area contributed by atoms with Crippen molar-refractivity contribution in [2.75, 3.05) is 26.2 Å². The minimum absolute atomic E-state index is 0.218. The Morgan fingerprint density at radius 1 is 1.29 bits per heavy atom. The van der Waals surface area contributed by atoms with Crippen LogP contribution < -0.4 is 5.32 Å². The zero-order valence-corrected chi connectivity index (χ0v) is 13.1. The highest BCUT2D eigenvalue weighted by atomic mass is 19.4. The number of hydrogen-bond acceptors (Lipinski definition) is 3. The topological polar surface area (TPSA) is 52.6 Å². The molecule has 1 aliphatic heterocycles. The zero-order chi connectivity index (χ0) is 17.7. The van der Waals surface area contributed by atoms with Crippen LogP contribution in [0.4, 0.5) is 17.6 Å². The number of aliphatic hydroxyl groups excluding tert-OH is 1. The predicted molar refractivity (Wildman–Crippen MR) is 80.0 cm³/mol.